The van der Waals surface area contributed by atoms with Crippen molar-refractivity contribution in [1.82, 2.24) is 4.90 Å². The van der Waals surface area contributed by atoms with E-state index in [0.717, 1.165) is 45.6 Å². The summed E-state index contributed by atoms with van der Waals surface area (Å²) in [5, 5.41) is 0. The number of anilines is 1. The summed E-state index contributed by atoms with van der Waals surface area (Å²) in [5.74, 6) is 0.392. The van der Waals surface area contributed by atoms with E-state index in [1.165, 1.54) is 11.3 Å². The molecule has 110 valence electrons. The van der Waals surface area contributed by atoms with E-state index in [9.17, 15) is 4.79 Å². The molecule has 1 aliphatic rings. The molecule has 0 radical (unpaired) electrons. The van der Waals surface area contributed by atoms with Crippen LogP contribution in [0.4, 0.5) is 5.69 Å². The van der Waals surface area contributed by atoms with Gasteiger partial charge in [0, 0.05) is 44.7 Å². The molecule has 20 heavy (non-hydrogen) atoms. The van der Waals surface area contributed by atoms with Crippen LogP contribution in [0.1, 0.15) is 31.7 Å². The van der Waals surface area contributed by atoms with Crippen molar-refractivity contribution in [2.24, 2.45) is 0 Å². The zero-order chi connectivity index (χ0) is 14.4. The molecule has 3 nitrogen and oxygen atoms in total. The van der Waals surface area contributed by atoms with E-state index in [2.05, 4.69) is 41.0 Å². The van der Waals surface area contributed by atoms with E-state index in [4.69, 9.17) is 0 Å². The zero-order valence-electron chi connectivity index (χ0n) is 12.8. The van der Waals surface area contributed by atoms with Crippen LogP contribution in [0, 0.1) is 6.92 Å². The summed E-state index contributed by atoms with van der Waals surface area (Å²) >= 11 is 0. The van der Waals surface area contributed by atoms with Crippen molar-refractivity contribution in [3.63, 3.8) is 0 Å². The number of benzene rings is 1. The van der Waals surface area contributed by atoms with Gasteiger partial charge >= 0.3 is 0 Å². The van der Waals surface area contributed by atoms with Crippen LogP contribution < -0.4 is 4.90 Å². The first-order chi connectivity index (χ1) is 9.69. The molecule has 0 bridgehead atoms. The Balaban J connectivity index is 1.74. The van der Waals surface area contributed by atoms with Gasteiger partial charge in [0.1, 0.15) is 5.78 Å². The van der Waals surface area contributed by atoms with Crippen LogP contribution in [-0.4, -0.2) is 43.4 Å². The van der Waals surface area contributed by atoms with E-state index in [1.807, 2.05) is 6.92 Å². The van der Waals surface area contributed by atoms with Gasteiger partial charge in [0.15, 0.2) is 0 Å². The molecule has 0 saturated carbocycles. The maximum Gasteiger partial charge on any atom is 0.132 e. The summed E-state index contributed by atoms with van der Waals surface area (Å²) in [6, 6.07) is 8.73. The van der Waals surface area contributed by atoms with Crippen LogP contribution in [0.15, 0.2) is 24.3 Å². The van der Waals surface area contributed by atoms with Crippen molar-refractivity contribution in [2.75, 3.05) is 37.6 Å². The number of Topliss-reactive ketones (excluding diaryl/α,β-unsaturated/α-hetero) is 1. The Bertz CT molecular complexity index is 436. The van der Waals surface area contributed by atoms with Gasteiger partial charge in [-0.2, -0.15) is 0 Å². The Labute approximate surface area is 122 Å². The first kappa shape index (κ1) is 15.0. The summed E-state index contributed by atoms with van der Waals surface area (Å²) in [7, 11) is 0. The monoisotopic (exact) mass is 274 g/mol. The van der Waals surface area contributed by atoms with Crippen LogP contribution in [0.3, 0.4) is 0 Å². The average Bonchev–Trinajstić information content (AvgIpc) is 2.48. The predicted molar refractivity (Wildman–Crippen MR) is 84.4 cm³/mol. The Kier molecular flexibility index (Phi) is 5.60. The first-order valence-corrected chi connectivity index (χ1v) is 7.74. The highest BCUT2D eigenvalue weighted by atomic mass is 16.1. The Morgan fingerprint density at radius 3 is 2.60 bits per heavy atom. The average molecular weight is 274 g/mol. The molecular formula is C17H26N2O. The number of aryl methyl sites for hydroxylation is 1. The number of rotatable bonds is 6. The predicted octanol–water partition coefficient (Wildman–Crippen LogP) is 2.88. The van der Waals surface area contributed by atoms with Crippen LogP contribution in [0.5, 0.6) is 0 Å². The van der Waals surface area contributed by atoms with E-state index < -0.39 is 0 Å². The molecule has 1 aliphatic heterocycles. The number of ketones is 1. The van der Waals surface area contributed by atoms with E-state index in [1.54, 1.807) is 0 Å². The first-order valence-electron chi connectivity index (χ1n) is 7.74. The molecule has 1 aromatic rings. The minimum Gasteiger partial charge on any atom is -0.369 e. The fourth-order valence-electron chi connectivity index (χ4n) is 2.73. The number of piperazine rings is 1. The van der Waals surface area contributed by atoms with E-state index in [-0.39, 0.29) is 0 Å². The van der Waals surface area contributed by atoms with Crippen molar-refractivity contribution in [1.29, 1.82) is 0 Å². The lowest BCUT2D eigenvalue weighted by Crippen LogP contribution is -2.46. The lowest BCUT2D eigenvalue weighted by molar-refractivity contribution is -0.118. The summed E-state index contributed by atoms with van der Waals surface area (Å²) in [6.07, 6.45) is 2.44. The van der Waals surface area contributed by atoms with Gasteiger partial charge in [-0.1, -0.05) is 19.1 Å². The maximum absolute atomic E-state index is 11.3. The molecule has 0 amide bonds. The van der Waals surface area contributed by atoms with E-state index >= 15 is 0 Å². The SMILES string of the molecule is CCC(=O)CCCN1CCN(c2cccc(C)c2)CC1. The van der Waals surface area contributed by atoms with Crippen molar-refractivity contribution in [2.45, 2.75) is 33.1 Å². The van der Waals surface area contributed by atoms with Crippen LogP contribution >= 0.6 is 0 Å². The van der Waals surface area contributed by atoms with Gasteiger partial charge in [0.05, 0.1) is 0 Å². The number of hydrogen-bond donors (Lipinski definition) is 0. The topological polar surface area (TPSA) is 23.6 Å². The van der Waals surface area contributed by atoms with Crippen molar-refractivity contribution < 1.29 is 4.79 Å². The minimum absolute atomic E-state index is 0.392. The van der Waals surface area contributed by atoms with Crippen LogP contribution in [-0.2, 0) is 4.79 Å². The second-order valence-corrected chi connectivity index (χ2v) is 5.66. The molecule has 3 heteroatoms. The third-order valence-corrected chi connectivity index (χ3v) is 4.06. The standard InChI is InChI=1S/C17H26N2O/c1-3-17(20)8-5-9-18-10-12-19(13-11-18)16-7-4-6-15(2)14-16/h4,6-7,14H,3,5,8-13H2,1-2H3. The Morgan fingerprint density at radius 1 is 1.20 bits per heavy atom. The summed E-state index contributed by atoms with van der Waals surface area (Å²) in [6.45, 7) is 9.54. The highest BCUT2D eigenvalue weighted by Gasteiger charge is 2.16. The molecule has 1 saturated heterocycles. The fourth-order valence-corrected chi connectivity index (χ4v) is 2.73. The van der Waals surface area contributed by atoms with Gasteiger partial charge in [-0.25, -0.2) is 0 Å². The van der Waals surface area contributed by atoms with Gasteiger partial charge in [-0.15, -0.1) is 0 Å². The smallest absolute Gasteiger partial charge is 0.132 e. The van der Waals surface area contributed by atoms with Crippen molar-refractivity contribution >= 4 is 11.5 Å². The highest BCUT2D eigenvalue weighted by Crippen LogP contribution is 2.17. The van der Waals surface area contributed by atoms with Crippen LogP contribution in [0.25, 0.3) is 0 Å². The quantitative estimate of drug-likeness (QED) is 0.797. The lowest BCUT2D eigenvalue weighted by Gasteiger charge is -2.36. The van der Waals surface area contributed by atoms with Crippen molar-refractivity contribution in [3.05, 3.63) is 29.8 Å². The summed E-state index contributed by atoms with van der Waals surface area (Å²) in [5.41, 5.74) is 2.66. The Hall–Kier alpha value is -1.35. The highest BCUT2D eigenvalue weighted by molar-refractivity contribution is 5.77. The lowest BCUT2D eigenvalue weighted by atomic mass is 10.1. The largest absolute Gasteiger partial charge is 0.369 e. The van der Waals surface area contributed by atoms with Crippen LogP contribution in [0.2, 0.25) is 0 Å². The molecule has 1 aromatic carbocycles. The normalized spacial score (nSPS) is 16.4. The summed E-state index contributed by atoms with van der Waals surface area (Å²) in [4.78, 5) is 16.2. The third-order valence-electron chi connectivity index (χ3n) is 4.06. The van der Waals surface area contributed by atoms with Gasteiger partial charge in [-0.3, -0.25) is 9.69 Å². The van der Waals surface area contributed by atoms with Gasteiger partial charge in [0.25, 0.3) is 0 Å². The number of carbonyl (C=O) groups is 1. The zero-order valence-corrected chi connectivity index (χ0v) is 12.8. The Morgan fingerprint density at radius 2 is 1.95 bits per heavy atom. The molecule has 2 rings (SSSR count). The molecule has 0 aromatic heterocycles. The number of hydrogen-bond acceptors (Lipinski definition) is 3. The molecule has 0 N–H and O–H groups in total. The number of nitrogens with zero attached hydrogens (tertiary/aromatic N) is 2. The molecule has 0 atom stereocenters. The second-order valence-electron chi connectivity index (χ2n) is 5.66. The molecular weight excluding hydrogens is 248 g/mol. The maximum atomic E-state index is 11.3. The van der Waals surface area contributed by atoms with Crippen molar-refractivity contribution in [3.8, 4) is 0 Å². The van der Waals surface area contributed by atoms with Gasteiger partial charge in [0.2, 0.25) is 0 Å². The molecule has 1 fully saturated rings. The van der Waals surface area contributed by atoms with Gasteiger partial charge < -0.3 is 4.90 Å². The van der Waals surface area contributed by atoms with Gasteiger partial charge in [-0.05, 0) is 37.6 Å². The fraction of sp³-hybridized carbons (Fsp3) is 0.588. The minimum atomic E-state index is 0.392. The second kappa shape index (κ2) is 7.44. The molecule has 0 spiro atoms. The molecule has 1 heterocycles. The van der Waals surface area contributed by atoms with E-state index in [0.29, 0.717) is 12.2 Å². The summed E-state index contributed by atoms with van der Waals surface area (Å²) < 4.78 is 0. The molecule has 0 unspecified atom stereocenters. The number of carbonyl (C=O) groups excluding carboxylic acids is 1. The third kappa shape index (κ3) is 4.34. The molecule has 0 aliphatic carbocycles.